The van der Waals surface area contributed by atoms with Crippen LogP contribution in [0.3, 0.4) is 0 Å². The smallest absolute Gasteiger partial charge is 0.244 e. The largest absolute Gasteiger partial charge is 0.326 e. The molecular formula is C15H29N3O. The molecule has 1 atom stereocenters. The Balaban J connectivity index is 1.85. The molecule has 1 aliphatic heterocycles. The van der Waals surface area contributed by atoms with Crippen LogP contribution in [0.2, 0.25) is 0 Å². The zero-order valence-corrected chi connectivity index (χ0v) is 12.7. The average molecular weight is 267 g/mol. The number of carbonyl (C=O) groups excluding carboxylic acids is 1. The van der Waals surface area contributed by atoms with Crippen molar-refractivity contribution in [3.05, 3.63) is 0 Å². The molecule has 1 spiro atoms. The lowest BCUT2D eigenvalue weighted by Crippen LogP contribution is -2.44. The molecule has 0 bridgehead atoms. The average Bonchev–Trinajstić information content (AvgIpc) is 2.95. The Labute approximate surface area is 117 Å². The zero-order chi connectivity index (χ0) is 13.9. The maximum absolute atomic E-state index is 12.6. The Morgan fingerprint density at radius 3 is 2.53 bits per heavy atom. The lowest BCUT2D eigenvalue weighted by atomic mass is 9.98. The third kappa shape index (κ3) is 2.95. The van der Waals surface area contributed by atoms with Crippen molar-refractivity contribution in [3.63, 3.8) is 0 Å². The molecule has 1 unspecified atom stereocenters. The van der Waals surface area contributed by atoms with Gasteiger partial charge in [-0.05, 0) is 45.8 Å². The van der Waals surface area contributed by atoms with Crippen LogP contribution < -0.4 is 5.32 Å². The second-order valence-corrected chi connectivity index (χ2v) is 5.99. The molecule has 2 fully saturated rings. The Morgan fingerprint density at radius 2 is 1.95 bits per heavy atom. The molecule has 0 aromatic heterocycles. The summed E-state index contributed by atoms with van der Waals surface area (Å²) in [5.74, 6) is 0.358. The molecule has 4 nitrogen and oxygen atoms in total. The molecule has 110 valence electrons. The molecule has 0 aromatic carbocycles. The number of amides is 1. The van der Waals surface area contributed by atoms with Crippen molar-refractivity contribution in [1.82, 2.24) is 15.1 Å². The second-order valence-electron chi connectivity index (χ2n) is 5.99. The van der Waals surface area contributed by atoms with Crippen LogP contribution >= 0.6 is 0 Å². The van der Waals surface area contributed by atoms with Crippen LogP contribution in [-0.4, -0.2) is 53.6 Å². The van der Waals surface area contributed by atoms with E-state index >= 15 is 0 Å². The standard InChI is InChI=1S/C15H29N3O/c1-4-17(5-2)11-8-12-18-13(3)16-15(14(18)19)9-6-7-10-15/h13,16H,4-12H2,1-3H3. The van der Waals surface area contributed by atoms with Crippen LogP contribution in [0.25, 0.3) is 0 Å². The highest BCUT2D eigenvalue weighted by atomic mass is 16.2. The minimum absolute atomic E-state index is 0.200. The first kappa shape index (κ1) is 14.8. The summed E-state index contributed by atoms with van der Waals surface area (Å²) >= 11 is 0. The molecule has 4 heteroatoms. The number of carbonyl (C=O) groups is 1. The van der Waals surface area contributed by atoms with E-state index in [0.717, 1.165) is 45.4 Å². The van der Waals surface area contributed by atoms with Gasteiger partial charge in [0.1, 0.15) is 0 Å². The molecule has 0 radical (unpaired) electrons. The minimum Gasteiger partial charge on any atom is -0.326 e. The van der Waals surface area contributed by atoms with E-state index < -0.39 is 0 Å². The molecule has 19 heavy (non-hydrogen) atoms. The Bertz CT molecular complexity index is 309. The number of nitrogens with zero attached hydrogens (tertiary/aromatic N) is 2. The van der Waals surface area contributed by atoms with Crippen molar-refractivity contribution in [1.29, 1.82) is 0 Å². The lowest BCUT2D eigenvalue weighted by Gasteiger charge is -2.24. The van der Waals surface area contributed by atoms with Gasteiger partial charge in [0.25, 0.3) is 0 Å². The Kier molecular flexibility index (Phi) is 4.85. The summed E-state index contributed by atoms with van der Waals surface area (Å²) in [6.07, 6.45) is 5.74. The SMILES string of the molecule is CCN(CC)CCCN1C(=O)C2(CCCC2)NC1C. The molecule has 2 rings (SSSR count). The van der Waals surface area contributed by atoms with E-state index in [9.17, 15) is 4.79 Å². The van der Waals surface area contributed by atoms with Crippen molar-refractivity contribution in [2.45, 2.75) is 64.6 Å². The number of nitrogens with one attached hydrogen (secondary N) is 1. The summed E-state index contributed by atoms with van der Waals surface area (Å²) < 4.78 is 0. The molecule has 1 aliphatic carbocycles. The monoisotopic (exact) mass is 267 g/mol. The van der Waals surface area contributed by atoms with Crippen molar-refractivity contribution in [2.24, 2.45) is 0 Å². The second kappa shape index (κ2) is 6.23. The first-order valence-corrected chi connectivity index (χ1v) is 7.94. The highest BCUT2D eigenvalue weighted by Gasteiger charge is 2.50. The van der Waals surface area contributed by atoms with Gasteiger partial charge < -0.3 is 9.80 Å². The van der Waals surface area contributed by atoms with E-state index in [4.69, 9.17) is 0 Å². The quantitative estimate of drug-likeness (QED) is 0.797. The van der Waals surface area contributed by atoms with E-state index in [1.165, 1.54) is 12.8 Å². The van der Waals surface area contributed by atoms with Crippen molar-refractivity contribution in [3.8, 4) is 0 Å². The topological polar surface area (TPSA) is 35.6 Å². The van der Waals surface area contributed by atoms with Gasteiger partial charge in [-0.2, -0.15) is 0 Å². The van der Waals surface area contributed by atoms with Gasteiger partial charge in [-0.1, -0.05) is 26.7 Å². The van der Waals surface area contributed by atoms with Crippen LogP contribution in [-0.2, 0) is 4.79 Å². The van der Waals surface area contributed by atoms with Crippen molar-refractivity contribution in [2.75, 3.05) is 26.2 Å². The molecule has 1 N–H and O–H groups in total. The Morgan fingerprint density at radius 1 is 1.32 bits per heavy atom. The predicted octanol–water partition coefficient (Wildman–Crippen LogP) is 1.81. The van der Waals surface area contributed by atoms with E-state index in [-0.39, 0.29) is 11.7 Å². The van der Waals surface area contributed by atoms with Crippen LogP contribution in [0.4, 0.5) is 0 Å². The van der Waals surface area contributed by atoms with Gasteiger partial charge in [0.2, 0.25) is 5.91 Å². The number of rotatable bonds is 6. The van der Waals surface area contributed by atoms with Gasteiger partial charge in [0.15, 0.2) is 0 Å². The summed E-state index contributed by atoms with van der Waals surface area (Å²) in [6, 6.07) is 0. The molecule has 1 saturated carbocycles. The highest BCUT2D eigenvalue weighted by Crippen LogP contribution is 2.36. The molecule has 1 heterocycles. The number of hydrogen-bond donors (Lipinski definition) is 1. The molecule has 1 saturated heterocycles. The van der Waals surface area contributed by atoms with Gasteiger partial charge in [-0.3, -0.25) is 10.1 Å². The summed E-state index contributed by atoms with van der Waals surface area (Å²) in [4.78, 5) is 17.1. The van der Waals surface area contributed by atoms with E-state index in [0.29, 0.717) is 5.91 Å². The molecule has 0 aromatic rings. The van der Waals surface area contributed by atoms with Gasteiger partial charge >= 0.3 is 0 Å². The van der Waals surface area contributed by atoms with Crippen LogP contribution in [0.5, 0.6) is 0 Å². The maximum atomic E-state index is 12.6. The van der Waals surface area contributed by atoms with Gasteiger partial charge in [0, 0.05) is 6.54 Å². The van der Waals surface area contributed by atoms with E-state index in [1.54, 1.807) is 0 Å². The van der Waals surface area contributed by atoms with Gasteiger partial charge in [0.05, 0.1) is 11.7 Å². The van der Waals surface area contributed by atoms with Crippen LogP contribution in [0, 0.1) is 0 Å². The molecule has 2 aliphatic rings. The first-order chi connectivity index (χ1) is 9.13. The third-order valence-electron chi connectivity index (χ3n) is 4.85. The van der Waals surface area contributed by atoms with Crippen LogP contribution in [0.1, 0.15) is 52.9 Å². The Hall–Kier alpha value is -0.610. The fraction of sp³-hybridized carbons (Fsp3) is 0.933. The highest BCUT2D eigenvalue weighted by molar-refractivity contribution is 5.89. The van der Waals surface area contributed by atoms with Crippen molar-refractivity contribution < 1.29 is 4.79 Å². The van der Waals surface area contributed by atoms with Gasteiger partial charge in [-0.15, -0.1) is 0 Å². The lowest BCUT2D eigenvalue weighted by molar-refractivity contribution is -0.133. The van der Waals surface area contributed by atoms with E-state index in [2.05, 4.69) is 35.9 Å². The summed E-state index contributed by atoms with van der Waals surface area (Å²) in [6.45, 7) is 10.7. The maximum Gasteiger partial charge on any atom is 0.244 e. The zero-order valence-electron chi connectivity index (χ0n) is 12.7. The van der Waals surface area contributed by atoms with Crippen LogP contribution in [0.15, 0.2) is 0 Å². The molecule has 1 amide bonds. The summed E-state index contributed by atoms with van der Waals surface area (Å²) in [5, 5.41) is 3.56. The fourth-order valence-corrected chi connectivity index (χ4v) is 3.63. The minimum atomic E-state index is -0.200. The van der Waals surface area contributed by atoms with Crippen molar-refractivity contribution >= 4 is 5.91 Å². The first-order valence-electron chi connectivity index (χ1n) is 7.94. The predicted molar refractivity (Wildman–Crippen MR) is 77.9 cm³/mol. The van der Waals surface area contributed by atoms with E-state index in [1.807, 2.05) is 0 Å². The van der Waals surface area contributed by atoms with Gasteiger partial charge in [-0.25, -0.2) is 0 Å². The fourth-order valence-electron chi connectivity index (χ4n) is 3.63. The summed E-state index contributed by atoms with van der Waals surface area (Å²) in [7, 11) is 0. The summed E-state index contributed by atoms with van der Waals surface area (Å²) in [5.41, 5.74) is -0.200. The number of hydrogen-bond acceptors (Lipinski definition) is 3. The third-order valence-corrected chi connectivity index (χ3v) is 4.85. The molecular weight excluding hydrogens is 238 g/mol. The normalized spacial score (nSPS) is 26.0.